The second-order valence-corrected chi connectivity index (χ2v) is 8.94. The van der Waals surface area contributed by atoms with E-state index in [0.29, 0.717) is 36.1 Å². The van der Waals surface area contributed by atoms with Crippen molar-refractivity contribution in [1.82, 2.24) is 14.8 Å². The van der Waals surface area contributed by atoms with Crippen molar-refractivity contribution >= 4 is 28.5 Å². The molecule has 2 aromatic heterocycles. The first-order valence-corrected chi connectivity index (χ1v) is 10.8. The first kappa shape index (κ1) is 22.8. The SMILES string of the molecule is COc1cc2nn(CC(=O)OC(C)(C)C)cc2cc1NC(=O)c1coc(C2CCOCC2)n1. The number of anilines is 1. The molecule has 0 saturated carbocycles. The summed E-state index contributed by atoms with van der Waals surface area (Å²) >= 11 is 0. The molecule has 33 heavy (non-hydrogen) atoms. The van der Waals surface area contributed by atoms with E-state index in [1.165, 1.54) is 18.1 Å². The number of amides is 1. The van der Waals surface area contributed by atoms with Gasteiger partial charge in [-0.25, -0.2) is 4.98 Å². The number of methoxy groups -OCH3 is 1. The highest BCUT2D eigenvalue weighted by atomic mass is 16.6. The second-order valence-electron chi connectivity index (χ2n) is 8.94. The Morgan fingerprint density at radius 2 is 2.00 bits per heavy atom. The van der Waals surface area contributed by atoms with Gasteiger partial charge in [-0.3, -0.25) is 14.3 Å². The number of carbonyl (C=O) groups is 2. The van der Waals surface area contributed by atoms with E-state index in [1.54, 1.807) is 18.3 Å². The van der Waals surface area contributed by atoms with E-state index in [1.807, 2.05) is 20.8 Å². The zero-order valence-corrected chi connectivity index (χ0v) is 19.2. The van der Waals surface area contributed by atoms with E-state index in [0.717, 1.165) is 18.2 Å². The normalized spacial score (nSPS) is 14.9. The van der Waals surface area contributed by atoms with Gasteiger partial charge in [-0.05, 0) is 39.7 Å². The monoisotopic (exact) mass is 456 g/mol. The lowest BCUT2D eigenvalue weighted by molar-refractivity contribution is -0.155. The minimum atomic E-state index is -0.573. The Bertz CT molecular complexity index is 1150. The Morgan fingerprint density at radius 1 is 1.24 bits per heavy atom. The van der Waals surface area contributed by atoms with Gasteiger partial charge in [0, 0.05) is 36.8 Å². The quantitative estimate of drug-likeness (QED) is 0.560. The molecule has 10 nitrogen and oxygen atoms in total. The zero-order chi connectivity index (χ0) is 23.6. The number of fused-ring (bicyclic) bond motifs is 1. The maximum Gasteiger partial charge on any atom is 0.328 e. The molecular weight excluding hydrogens is 428 g/mol. The summed E-state index contributed by atoms with van der Waals surface area (Å²) in [6.07, 6.45) is 4.72. The van der Waals surface area contributed by atoms with Gasteiger partial charge in [0.05, 0.1) is 18.3 Å². The first-order chi connectivity index (χ1) is 15.7. The standard InChI is InChI=1S/C23H28N4O6/c1-23(2,3)33-20(28)12-27-11-15-9-17(19(30-4)10-16(15)26-27)24-21(29)18-13-32-22(25-18)14-5-7-31-8-6-14/h9-11,13-14H,5-8,12H2,1-4H3,(H,24,29). The fourth-order valence-corrected chi connectivity index (χ4v) is 3.67. The van der Waals surface area contributed by atoms with Crippen molar-refractivity contribution in [3.05, 3.63) is 36.2 Å². The fourth-order valence-electron chi connectivity index (χ4n) is 3.67. The van der Waals surface area contributed by atoms with E-state index in [4.69, 9.17) is 18.6 Å². The third-order valence-electron chi connectivity index (χ3n) is 5.16. The Hall–Kier alpha value is -3.40. The van der Waals surface area contributed by atoms with Crippen molar-refractivity contribution in [3.63, 3.8) is 0 Å². The Morgan fingerprint density at radius 3 is 2.70 bits per heavy atom. The maximum absolute atomic E-state index is 12.8. The van der Waals surface area contributed by atoms with Crippen LogP contribution in [0.15, 0.2) is 29.0 Å². The lowest BCUT2D eigenvalue weighted by Crippen LogP contribution is -2.26. The van der Waals surface area contributed by atoms with Crippen LogP contribution in [0.1, 0.15) is 55.9 Å². The van der Waals surface area contributed by atoms with Gasteiger partial charge < -0.3 is 23.9 Å². The average molecular weight is 456 g/mol. The summed E-state index contributed by atoms with van der Waals surface area (Å²) < 4.78 is 23.2. The van der Waals surface area contributed by atoms with E-state index < -0.39 is 11.5 Å². The largest absolute Gasteiger partial charge is 0.494 e. The molecule has 1 N–H and O–H groups in total. The van der Waals surface area contributed by atoms with E-state index in [9.17, 15) is 9.59 Å². The van der Waals surface area contributed by atoms with Gasteiger partial charge in [0.2, 0.25) is 0 Å². The van der Waals surface area contributed by atoms with Crippen LogP contribution in [0.2, 0.25) is 0 Å². The van der Waals surface area contributed by atoms with Crippen molar-refractivity contribution in [1.29, 1.82) is 0 Å². The van der Waals surface area contributed by atoms with Crippen LogP contribution in [0.25, 0.3) is 10.9 Å². The molecule has 10 heteroatoms. The van der Waals surface area contributed by atoms with Gasteiger partial charge in [0.1, 0.15) is 24.2 Å². The van der Waals surface area contributed by atoms with Crippen molar-refractivity contribution in [2.75, 3.05) is 25.6 Å². The molecule has 0 radical (unpaired) electrons. The van der Waals surface area contributed by atoms with Crippen LogP contribution >= 0.6 is 0 Å². The van der Waals surface area contributed by atoms with Crippen molar-refractivity contribution in [2.24, 2.45) is 0 Å². The number of nitrogens with zero attached hydrogens (tertiary/aromatic N) is 3. The van der Waals surface area contributed by atoms with Crippen LogP contribution in [0.5, 0.6) is 5.75 Å². The van der Waals surface area contributed by atoms with E-state index in [2.05, 4.69) is 15.4 Å². The molecule has 0 atom stereocenters. The number of ether oxygens (including phenoxy) is 3. The van der Waals surface area contributed by atoms with E-state index >= 15 is 0 Å². The molecule has 0 spiro atoms. The van der Waals surface area contributed by atoms with Crippen molar-refractivity contribution < 1.29 is 28.2 Å². The van der Waals surface area contributed by atoms with Gasteiger partial charge in [-0.2, -0.15) is 5.10 Å². The first-order valence-electron chi connectivity index (χ1n) is 10.8. The fraction of sp³-hybridized carbons (Fsp3) is 0.478. The molecule has 4 rings (SSSR count). The van der Waals surface area contributed by atoms with Crippen LogP contribution in [0.3, 0.4) is 0 Å². The predicted molar refractivity (Wildman–Crippen MR) is 119 cm³/mol. The highest BCUT2D eigenvalue weighted by Gasteiger charge is 2.23. The van der Waals surface area contributed by atoms with Gasteiger partial charge in [-0.1, -0.05) is 0 Å². The van der Waals surface area contributed by atoms with Crippen LogP contribution in [-0.2, 0) is 20.8 Å². The zero-order valence-electron chi connectivity index (χ0n) is 19.2. The van der Waals surface area contributed by atoms with Gasteiger partial charge in [0.15, 0.2) is 11.6 Å². The summed E-state index contributed by atoms with van der Waals surface area (Å²) in [7, 11) is 1.51. The number of nitrogens with one attached hydrogen (secondary N) is 1. The molecule has 0 unspecified atom stereocenters. The average Bonchev–Trinajstić information content (AvgIpc) is 3.39. The van der Waals surface area contributed by atoms with Crippen LogP contribution in [-0.4, -0.2) is 52.6 Å². The highest BCUT2D eigenvalue weighted by molar-refractivity contribution is 6.04. The third-order valence-corrected chi connectivity index (χ3v) is 5.16. The molecule has 1 fully saturated rings. The molecule has 0 bridgehead atoms. The number of esters is 1. The summed E-state index contributed by atoms with van der Waals surface area (Å²) in [5.41, 5.74) is 0.703. The summed E-state index contributed by atoms with van der Waals surface area (Å²) in [6, 6.07) is 3.44. The Labute approximate surface area is 191 Å². The smallest absolute Gasteiger partial charge is 0.328 e. The minimum absolute atomic E-state index is 0.0239. The summed E-state index contributed by atoms with van der Waals surface area (Å²) in [6.45, 7) is 6.73. The Balaban J connectivity index is 1.50. The van der Waals surface area contributed by atoms with Crippen molar-refractivity contribution in [2.45, 2.75) is 51.7 Å². The molecule has 3 aromatic rings. The molecule has 1 saturated heterocycles. The number of hydrogen-bond acceptors (Lipinski definition) is 8. The molecule has 176 valence electrons. The second kappa shape index (κ2) is 9.22. The summed E-state index contributed by atoms with van der Waals surface area (Å²) in [4.78, 5) is 29.3. The molecule has 3 heterocycles. The van der Waals surface area contributed by atoms with Crippen LogP contribution < -0.4 is 10.1 Å². The van der Waals surface area contributed by atoms with Gasteiger partial charge >= 0.3 is 5.97 Å². The number of rotatable bonds is 6. The number of aromatic nitrogens is 3. The summed E-state index contributed by atoms with van der Waals surface area (Å²) in [5, 5.41) is 7.97. The molecule has 0 aliphatic carbocycles. The summed E-state index contributed by atoms with van der Waals surface area (Å²) in [5.74, 6) is 0.348. The van der Waals surface area contributed by atoms with Gasteiger partial charge in [0.25, 0.3) is 5.91 Å². The van der Waals surface area contributed by atoms with Crippen molar-refractivity contribution in [3.8, 4) is 5.75 Å². The lowest BCUT2D eigenvalue weighted by Gasteiger charge is -2.19. The lowest BCUT2D eigenvalue weighted by atomic mass is 10.0. The number of oxazole rings is 1. The third kappa shape index (κ3) is 5.51. The molecule has 1 aliphatic heterocycles. The predicted octanol–water partition coefficient (Wildman–Crippen LogP) is 3.52. The Kier molecular flexibility index (Phi) is 6.37. The number of carbonyl (C=O) groups excluding carboxylic acids is 2. The maximum atomic E-state index is 12.8. The van der Waals surface area contributed by atoms with Crippen LogP contribution in [0, 0.1) is 0 Å². The molecule has 1 aromatic carbocycles. The minimum Gasteiger partial charge on any atom is -0.494 e. The van der Waals surface area contributed by atoms with Gasteiger partial charge in [-0.15, -0.1) is 0 Å². The molecular formula is C23H28N4O6. The topological polar surface area (TPSA) is 118 Å². The number of benzene rings is 1. The van der Waals surface area contributed by atoms with E-state index in [-0.39, 0.29) is 24.1 Å². The van der Waals surface area contributed by atoms with Crippen LogP contribution in [0.4, 0.5) is 5.69 Å². The number of hydrogen-bond donors (Lipinski definition) is 1. The highest BCUT2D eigenvalue weighted by Crippen LogP contribution is 2.31. The molecule has 1 aliphatic rings. The molecule has 1 amide bonds.